The predicted octanol–water partition coefficient (Wildman–Crippen LogP) is 5.38. The highest BCUT2D eigenvalue weighted by molar-refractivity contribution is 6.31. The minimum Gasteiger partial charge on any atom is -0.337 e. The standard InChI is InChI=1S/C30H38ClN5O2/c1-2-8-30(38)36-17-7-16-33(22-25-9-4-3-5-10-25)19-20-35(23-26-12-13-27(31)21-28(26)36)29(37)11-6-15-34-18-14-32-24-34/h3-5,9-10,12-14,18,21,24H,2,6-8,11,15-17,19-20,22-23H2,1H3. The average molecular weight is 536 g/mol. The molecule has 1 aromatic heterocycles. The zero-order valence-electron chi connectivity index (χ0n) is 22.3. The number of amides is 2. The van der Waals surface area contributed by atoms with Gasteiger partial charge < -0.3 is 14.4 Å². The van der Waals surface area contributed by atoms with Gasteiger partial charge in [-0.2, -0.15) is 0 Å². The molecular formula is C30H38ClN5O2. The lowest BCUT2D eigenvalue weighted by molar-refractivity contribution is -0.132. The summed E-state index contributed by atoms with van der Waals surface area (Å²) in [6.07, 6.45) is 8.76. The predicted molar refractivity (Wildman–Crippen MR) is 152 cm³/mol. The number of carbonyl (C=O) groups excluding carboxylic acids is 2. The Kier molecular flexibility index (Phi) is 10.4. The summed E-state index contributed by atoms with van der Waals surface area (Å²) in [5, 5.41) is 0.594. The van der Waals surface area contributed by atoms with Gasteiger partial charge in [-0.05, 0) is 42.5 Å². The topological polar surface area (TPSA) is 61.7 Å². The Bertz CT molecular complexity index is 1170. The number of benzene rings is 2. The Morgan fingerprint density at radius 2 is 1.82 bits per heavy atom. The first kappa shape index (κ1) is 27.9. The molecule has 0 atom stereocenters. The van der Waals surface area contributed by atoms with E-state index in [0.717, 1.165) is 56.7 Å². The van der Waals surface area contributed by atoms with Crippen molar-refractivity contribution >= 4 is 29.1 Å². The molecule has 1 aliphatic heterocycles. The number of nitrogens with zero attached hydrogens (tertiary/aromatic N) is 5. The van der Waals surface area contributed by atoms with Gasteiger partial charge in [-0.15, -0.1) is 0 Å². The van der Waals surface area contributed by atoms with Crippen molar-refractivity contribution in [3.05, 3.63) is 83.4 Å². The molecule has 0 saturated heterocycles. The van der Waals surface area contributed by atoms with Crippen LogP contribution < -0.4 is 4.90 Å². The third-order valence-corrected chi connectivity index (χ3v) is 7.21. The van der Waals surface area contributed by atoms with Gasteiger partial charge >= 0.3 is 0 Å². The number of hydrogen-bond acceptors (Lipinski definition) is 4. The maximum atomic E-state index is 13.5. The number of rotatable bonds is 8. The Morgan fingerprint density at radius 3 is 2.58 bits per heavy atom. The zero-order valence-corrected chi connectivity index (χ0v) is 23.0. The second-order valence-electron chi connectivity index (χ2n) is 9.90. The van der Waals surface area contributed by atoms with E-state index in [-0.39, 0.29) is 11.8 Å². The van der Waals surface area contributed by atoms with E-state index in [9.17, 15) is 9.59 Å². The number of aromatic nitrogens is 2. The molecule has 0 N–H and O–H groups in total. The molecule has 0 unspecified atom stereocenters. The van der Waals surface area contributed by atoms with Gasteiger partial charge in [-0.3, -0.25) is 14.5 Å². The first-order valence-electron chi connectivity index (χ1n) is 13.6. The van der Waals surface area contributed by atoms with Gasteiger partial charge in [-0.25, -0.2) is 4.98 Å². The second-order valence-corrected chi connectivity index (χ2v) is 10.3. The van der Waals surface area contributed by atoms with E-state index in [0.29, 0.717) is 37.5 Å². The SMILES string of the molecule is CCCC(=O)N1CCCN(Cc2ccccc2)CCN(C(=O)CCCn2ccnc2)Cc2ccc(Cl)cc21. The van der Waals surface area contributed by atoms with Crippen LogP contribution in [0.1, 0.15) is 50.2 Å². The van der Waals surface area contributed by atoms with Crippen LogP contribution in [0.4, 0.5) is 5.69 Å². The molecule has 3 aromatic rings. The van der Waals surface area contributed by atoms with Crippen molar-refractivity contribution in [3.63, 3.8) is 0 Å². The summed E-state index contributed by atoms with van der Waals surface area (Å²) in [5.41, 5.74) is 3.02. The van der Waals surface area contributed by atoms with E-state index >= 15 is 0 Å². The van der Waals surface area contributed by atoms with Crippen molar-refractivity contribution in [1.82, 2.24) is 19.4 Å². The number of imidazole rings is 1. The van der Waals surface area contributed by atoms with Gasteiger partial charge in [0.1, 0.15) is 0 Å². The molecule has 1 aliphatic rings. The molecule has 8 heteroatoms. The van der Waals surface area contributed by atoms with Crippen molar-refractivity contribution in [2.75, 3.05) is 31.1 Å². The van der Waals surface area contributed by atoms with Crippen LogP contribution >= 0.6 is 11.6 Å². The molecular weight excluding hydrogens is 498 g/mol. The fourth-order valence-corrected chi connectivity index (χ4v) is 5.13. The molecule has 7 nitrogen and oxygen atoms in total. The highest BCUT2D eigenvalue weighted by atomic mass is 35.5. The fraction of sp³-hybridized carbons (Fsp3) is 0.433. The van der Waals surface area contributed by atoms with Crippen LogP contribution in [-0.2, 0) is 29.2 Å². The Morgan fingerprint density at radius 1 is 0.974 bits per heavy atom. The van der Waals surface area contributed by atoms with E-state index < -0.39 is 0 Å². The van der Waals surface area contributed by atoms with Crippen molar-refractivity contribution in [1.29, 1.82) is 0 Å². The third-order valence-electron chi connectivity index (χ3n) is 6.97. The number of anilines is 1. The third kappa shape index (κ3) is 7.92. The number of aryl methyl sites for hydroxylation is 1. The summed E-state index contributed by atoms with van der Waals surface area (Å²) in [6.45, 7) is 6.90. The minimum atomic E-state index is 0.100. The van der Waals surface area contributed by atoms with Gasteiger partial charge in [0.25, 0.3) is 0 Å². The van der Waals surface area contributed by atoms with Gasteiger partial charge in [-0.1, -0.05) is 54.9 Å². The summed E-state index contributed by atoms with van der Waals surface area (Å²) < 4.78 is 2.00. The van der Waals surface area contributed by atoms with Crippen LogP contribution in [0.15, 0.2) is 67.3 Å². The molecule has 0 aliphatic carbocycles. The average Bonchev–Trinajstić information content (AvgIpc) is 3.42. The first-order valence-corrected chi connectivity index (χ1v) is 14.0. The summed E-state index contributed by atoms with van der Waals surface area (Å²) in [4.78, 5) is 37.1. The van der Waals surface area contributed by atoms with Gasteiger partial charge in [0.2, 0.25) is 11.8 Å². The largest absolute Gasteiger partial charge is 0.337 e. The van der Waals surface area contributed by atoms with Gasteiger partial charge in [0.15, 0.2) is 0 Å². The van der Waals surface area contributed by atoms with Gasteiger partial charge in [0, 0.05) is 76.1 Å². The maximum Gasteiger partial charge on any atom is 0.226 e. The van der Waals surface area contributed by atoms with Crippen molar-refractivity contribution < 1.29 is 9.59 Å². The van der Waals surface area contributed by atoms with Crippen LogP contribution in [0.5, 0.6) is 0 Å². The van der Waals surface area contributed by atoms with E-state index in [2.05, 4.69) is 34.1 Å². The summed E-state index contributed by atoms with van der Waals surface area (Å²) in [6, 6.07) is 16.1. The normalized spacial score (nSPS) is 15.1. The molecule has 0 bridgehead atoms. The highest BCUT2D eigenvalue weighted by Crippen LogP contribution is 2.28. The van der Waals surface area contributed by atoms with E-state index in [1.807, 2.05) is 51.8 Å². The number of hydrogen-bond donors (Lipinski definition) is 0. The molecule has 2 aromatic carbocycles. The van der Waals surface area contributed by atoms with E-state index in [4.69, 9.17) is 11.6 Å². The number of carbonyl (C=O) groups is 2. The highest BCUT2D eigenvalue weighted by Gasteiger charge is 2.24. The Hall–Kier alpha value is -3.16. The lowest BCUT2D eigenvalue weighted by Crippen LogP contribution is -2.38. The lowest BCUT2D eigenvalue weighted by Gasteiger charge is -2.28. The van der Waals surface area contributed by atoms with Crippen molar-refractivity contribution in [3.8, 4) is 0 Å². The molecule has 0 spiro atoms. The summed E-state index contributed by atoms with van der Waals surface area (Å²) >= 11 is 6.42. The smallest absolute Gasteiger partial charge is 0.226 e. The van der Waals surface area contributed by atoms with Crippen LogP contribution in [0, 0.1) is 0 Å². The molecule has 0 saturated carbocycles. The van der Waals surface area contributed by atoms with E-state index in [1.165, 1.54) is 5.56 Å². The summed E-state index contributed by atoms with van der Waals surface area (Å²) in [5.74, 6) is 0.222. The minimum absolute atomic E-state index is 0.100. The monoisotopic (exact) mass is 535 g/mol. The van der Waals surface area contributed by atoms with Crippen molar-refractivity contribution in [2.45, 2.75) is 58.7 Å². The molecule has 2 amide bonds. The van der Waals surface area contributed by atoms with Crippen LogP contribution in [-0.4, -0.2) is 57.3 Å². The quantitative estimate of drug-likeness (QED) is 0.388. The maximum absolute atomic E-state index is 13.5. The second kappa shape index (κ2) is 14.1. The molecule has 4 rings (SSSR count). The van der Waals surface area contributed by atoms with Crippen molar-refractivity contribution in [2.24, 2.45) is 0 Å². The zero-order chi connectivity index (χ0) is 26.7. The fourth-order valence-electron chi connectivity index (χ4n) is 4.96. The van der Waals surface area contributed by atoms with E-state index in [1.54, 1.807) is 12.5 Å². The van der Waals surface area contributed by atoms with Crippen LogP contribution in [0.3, 0.4) is 0 Å². The first-order chi connectivity index (χ1) is 18.5. The number of fused-ring (bicyclic) bond motifs is 1. The van der Waals surface area contributed by atoms with Crippen LogP contribution in [0.25, 0.3) is 0 Å². The Balaban J connectivity index is 1.58. The molecule has 0 fully saturated rings. The molecule has 2 heterocycles. The van der Waals surface area contributed by atoms with Gasteiger partial charge in [0.05, 0.1) is 12.0 Å². The molecule has 0 radical (unpaired) electrons. The lowest BCUT2D eigenvalue weighted by atomic mass is 10.1. The summed E-state index contributed by atoms with van der Waals surface area (Å²) in [7, 11) is 0. The molecule has 202 valence electrons. The number of halogens is 1. The van der Waals surface area contributed by atoms with Crippen LogP contribution in [0.2, 0.25) is 5.02 Å². The Labute approximate surface area is 231 Å². The molecule has 38 heavy (non-hydrogen) atoms.